The Bertz CT molecular complexity index is 952. The summed E-state index contributed by atoms with van der Waals surface area (Å²) in [5.74, 6) is 2.22. The van der Waals surface area contributed by atoms with Crippen molar-refractivity contribution in [2.45, 2.75) is 0 Å². The lowest BCUT2D eigenvalue weighted by Crippen LogP contribution is -2.48. The highest BCUT2D eigenvalue weighted by molar-refractivity contribution is 5.91. The van der Waals surface area contributed by atoms with Crippen molar-refractivity contribution >= 4 is 29.4 Å². The van der Waals surface area contributed by atoms with Crippen LogP contribution < -0.4 is 10.2 Å². The minimum Gasteiger partial charge on any atom is -0.352 e. The number of amides is 1. The van der Waals surface area contributed by atoms with Crippen molar-refractivity contribution in [2.75, 3.05) is 36.4 Å². The lowest BCUT2D eigenvalue weighted by molar-refractivity contribution is -0.126. The van der Waals surface area contributed by atoms with E-state index in [2.05, 4.69) is 25.4 Å². The third kappa shape index (κ3) is 4.95. The Labute approximate surface area is 169 Å². The monoisotopic (exact) mass is 386 g/mol. The van der Waals surface area contributed by atoms with Gasteiger partial charge in [0.25, 0.3) is 0 Å². The smallest absolute Gasteiger partial charge is 0.246 e. The molecule has 0 spiro atoms. The van der Waals surface area contributed by atoms with Crippen molar-refractivity contribution in [3.05, 3.63) is 78.5 Å². The maximum Gasteiger partial charge on any atom is 0.246 e. The molecule has 3 aromatic rings. The number of hydrogen-bond acceptors (Lipinski definition) is 6. The van der Waals surface area contributed by atoms with Crippen LogP contribution in [0.1, 0.15) is 5.56 Å². The number of carbonyl (C=O) groups is 1. The third-order valence-electron chi connectivity index (χ3n) is 4.70. The number of pyridine rings is 1. The Morgan fingerprint density at radius 1 is 0.862 bits per heavy atom. The molecule has 29 heavy (non-hydrogen) atoms. The van der Waals surface area contributed by atoms with Crippen LogP contribution in [0.5, 0.6) is 0 Å². The van der Waals surface area contributed by atoms with Gasteiger partial charge in [-0.2, -0.15) is 0 Å². The molecule has 0 unspecified atom stereocenters. The van der Waals surface area contributed by atoms with E-state index in [-0.39, 0.29) is 5.91 Å². The normalized spacial score (nSPS) is 14.2. The summed E-state index contributed by atoms with van der Waals surface area (Å²) in [5.41, 5.74) is 1.02. The number of nitrogens with zero attached hydrogens (tertiary/aromatic N) is 5. The first-order valence-electron chi connectivity index (χ1n) is 9.57. The van der Waals surface area contributed by atoms with Crippen molar-refractivity contribution < 1.29 is 4.79 Å². The summed E-state index contributed by atoms with van der Waals surface area (Å²) in [6.45, 7) is 2.78. The van der Waals surface area contributed by atoms with Crippen LogP contribution in [0.15, 0.2) is 72.9 Å². The molecule has 146 valence electrons. The minimum atomic E-state index is 0.0366. The second-order valence-electron chi connectivity index (χ2n) is 6.67. The first-order valence-corrected chi connectivity index (χ1v) is 9.57. The molecule has 0 atom stereocenters. The predicted molar refractivity (Wildman–Crippen MR) is 114 cm³/mol. The molecule has 1 saturated heterocycles. The number of hydrogen-bond donors (Lipinski definition) is 1. The van der Waals surface area contributed by atoms with Gasteiger partial charge in [-0.05, 0) is 35.9 Å². The van der Waals surface area contributed by atoms with Crippen LogP contribution in [-0.2, 0) is 4.79 Å². The lowest BCUT2D eigenvalue weighted by atomic mass is 10.2. The van der Waals surface area contributed by atoms with Crippen molar-refractivity contribution in [2.24, 2.45) is 0 Å². The van der Waals surface area contributed by atoms with Crippen LogP contribution in [0.2, 0.25) is 0 Å². The average molecular weight is 386 g/mol. The standard InChI is InChI=1S/C22H22N6O/c29-22(12-9-18-6-2-1-3-7-18)28-16-14-27(15-17-28)21-11-10-20(25-26-21)24-19-8-4-5-13-23-19/h1-13H,14-17H2,(H,23,24,25)/b12-9+. The summed E-state index contributed by atoms with van der Waals surface area (Å²) in [5, 5.41) is 11.7. The van der Waals surface area contributed by atoms with Crippen LogP contribution in [0, 0.1) is 0 Å². The topological polar surface area (TPSA) is 74.2 Å². The second-order valence-corrected chi connectivity index (χ2v) is 6.67. The second kappa shape index (κ2) is 8.97. The van der Waals surface area contributed by atoms with E-state index >= 15 is 0 Å². The highest BCUT2D eigenvalue weighted by Gasteiger charge is 2.20. The SMILES string of the molecule is O=C(/C=C/c1ccccc1)N1CCN(c2ccc(Nc3ccccn3)nn2)CC1. The van der Waals surface area contributed by atoms with Gasteiger partial charge < -0.3 is 15.1 Å². The fourth-order valence-corrected chi connectivity index (χ4v) is 3.12. The van der Waals surface area contributed by atoms with Gasteiger partial charge >= 0.3 is 0 Å². The maximum absolute atomic E-state index is 12.4. The van der Waals surface area contributed by atoms with Gasteiger partial charge in [0.2, 0.25) is 5.91 Å². The molecule has 1 N–H and O–H groups in total. The average Bonchev–Trinajstić information content (AvgIpc) is 2.79. The largest absolute Gasteiger partial charge is 0.352 e. The molecule has 7 nitrogen and oxygen atoms in total. The van der Waals surface area contributed by atoms with Crippen molar-refractivity contribution in [1.82, 2.24) is 20.1 Å². The third-order valence-corrected chi connectivity index (χ3v) is 4.70. The van der Waals surface area contributed by atoms with Gasteiger partial charge in [0.15, 0.2) is 11.6 Å². The summed E-state index contributed by atoms with van der Waals surface area (Å²) in [7, 11) is 0. The first-order chi connectivity index (χ1) is 14.3. The number of anilines is 3. The number of carbonyl (C=O) groups excluding carboxylic acids is 1. The molecule has 4 rings (SSSR count). The molecule has 1 amide bonds. The zero-order valence-corrected chi connectivity index (χ0v) is 16.0. The summed E-state index contributed by atoms with van der Waals surface area (Å²) < 4.78 is 0. The van der Waals surface area contributed by atoms with Crippen LogP contribution in [-0.4, -0.2) is 52.2 Å². The first kappa shape index (κ1) is 18.6. The molecule has 3 heterocycles. The van der Waals surface area contributed by atoms with Crippen molar-refractivity contribution in [1.29, 1.82) is 0 Å². The van der Waals surface area contributed by atoms with Gasteiger partial charge in [0, 0.05) is 38.5 Å². The highest BCUT2D eigenvalue weighted by Crippen LogP contribution is 2.16. The van der Waals surface area contributed by atoms with Crippen molar-refractivity contribution in [3.8, 4) is 0 Å². The molecule has 0 saturated carbocycles. The van der Waals surface area contributed by atoms with Gasteiger partial charge in [0.1, 0.15) is 5.82 Å². The number of aromatic nitrogens is 3. The number of benzene rings is 1. The van der Waals surface area contributed by atoms with Gasteiger partial charge in [-0.1, -0.05) is 36.4 Å². The zero-order chi connectivity index (χ0) is 19.9. The minimum absolute atomic E-state index is 0.0366. The quantitative estimate of drug-likeness (QED) is 0.680. The van der Waals surface area contributed by atoms with E-state index in [0.29, 0.717) is 18.9 Å². The highest BCUT2D eigenvalue weighted by atomic mass is 16.2. The molecule has 7 heteroatoms. The maximum atomic E-state index is 12.4. The Hall–Kier alpha value is -3.74. The Kier molecular flexibility index (Phi) is 5.76. The molecule has 0 bridgehead atoms. The van der Waals surface area contributed by atoms with E-state index in [1.54, 1.807) is 12.3 Å². The molecule has 1 aromatic carbocycles. The molecule has 0 aliphatic carbocycles. The van der Waals surface area contributed by atoms with Crippen molar-refractivity contribution in [3.63, 3.8) is 0 Å². The van der Waals surface area contributed by atoms with E-state index in [0.717, 1.165) is 30.3 Å². The summed E-state index contributed by atoms with van der Waals surface area (Å²) in [4.78, 5) is 20.6. The number of piperazine rings is 1. The van der Waals surface area contributed by atoms with Crippen LogP contribution in [0.4, 0.5) is 17.5 Å². The van der Waals surface area contributed by atoms with Crippen LogP contribution in [0.25, 0.3) is 6.08 Å². The van der Waals surface area contributed by atoms with Gasteiger partial charge in [-0.15, -0.1) is 10.2 Å². The van der Waals surface area contributed by atoms with Gasteiger partial charge in [0.05, 0.1) is 0 Å². The molecule has 1 aliphatic heterocycles. The lowest BCUT2D eigenvalue weighted by Gasteiger charge is -2.34. The summed E-state index contributed by atoms with van der Waals surface area (Å²) in [6.07, 6.45) is 5.22. The molecule has 2 aromatic heterocycles. The molecule has 0 radical (unpaired) electrons. The predicted octanol–water partition coefficient (Wildman–Crippen LogP) is 2.98. The fraction of sp³-hybridized carbons (Fsp3) is 0.182. The molecule has 1 fully saturated rings. The van der Waals surface area contributed by atoms with Crippen LogP contribution >= 0.6 is 0 Å². The summed E-state index contributed by atoms with van der Waals surface area (Å²) >= 11 is 0. The zero-order valence-electron chi connectivity index (χ0n) is 16.0. The van der Waals surface area contributed by atoms with E-state index in [1.165, 1.54) is 0 Å². The Morgan fingerprint density at radius 2 is 1.66 bits per heavy atom. The van der Waals surface area contributed by atoms with E-state index < -0.39 is 0 Å². The van der Waals surface area contributed by atoms with Gasteiger partial charge in [-0.25, -0.2) is 4.98 Å². The molecular formula is C22H22N6O. The Balaban J connectivity index is 1.30. The van der Waals surface area contributed by atoms with Gasteiger partial charge in [-0.3, -0.25) is 4.79 Å². The van der Waals surface area contributed by atoms with E-state index in [9.17, 15) is 4.79 Å². The number of rotatable bonds is 5. The number of nitrogens with one attached hydrogen (secondary N) is 1. The fourth-order valence-electron chi connectivity index (χ4n) is 3.12. The summed E-state index contributed by atoms with van der Waals surface area (Å²) in [6, 6.07) is 19.3. The molecular weight excluding hydrogens is 364 g/mol. The van der Waals surface area contributed by atoms with E-state index in [4.69, 9.17) is 0 Å². The van der Waals surface area contributed by atoms with Crippen LogP contribution in [0.3, 0.4) is 0 Å². The van der Waals surface area contributed by atoms with E-state index in [1.807, 2.05) is 71.6 Å². The Morgan fingerprint density at radius 3 is 2.34 bits per heavy atom. The molecule has 1 aliphatic rings.